The maximum absolute atomic E-state index is 12.4. The smallest absolute Gasteiger partial charge is 0.265 e. The number of halogens is 1. The highest BCUT2D eigenvalue weighted by atomic mass is 79.9. The van der Waals surface area contributed by atoms with E-state index in [2.05, 4.69) is 28.2 Å². The molecule has 0 aromatic heterocycles. The first kappa shape index (κ1) is 16.6. The minimum absolute atomic E-state index is 0.140. The normalized spacial score (nSPS) is 11.8. The van der Waals surface area contributed by atoms with E-state index >= 15 is 0 Å². The number of anilines is 1. The highest BCUT2D eigenvalue weighted by molar-refractivity contribution is 9.10. The molecule has 1 atom stereocenters. The predicted molar refractivity (Wildman–Crippen MR) is 93.4 cm³/mol. The Balaban J connectivity index is 2.07. The van der Waals surface area contributed by atoms with Crippen molar-refractivity contribution >= 4 is 27.5 Å². The van der Waals surface area contributed by atoms with Crippen LogP contribution in [0.5, 0.6) is 5.75 Å². The number of nitrogens with one attached hydrogen (secondary N) is 1. The lowest BCUT2D eigenvalue weighted by Gasteiger charge is -2.18. The van der Waals surface area contributed by atoms with Crippen molar-refractivity contribution in [3.63, 3.8) is 0 Å². The summed E-state index contributed by atoms with van der Waals surface area (Å²) in [5.41, 5.74) is 3.11. The summed E-state index contributed by atoms with van der Waals surface area (Å²) in [5, 5.41) is 2.89. The van der Waals surface area contributed by atoms with Gasteiger partial charge in [-0.2, -0.15) is 0 Å². The zero-order valence-corrected chi connectivity index (χ0v) is 14.6. The highest BCUT2D eigenvalue weighted by Gasteiger charge is 2.18. The van der Waals surface area contributed by atoms with Gasteiger partial charge in [0.05, 0.1) is 0 Å². The number of hydrogen-bond acceptors (Lipinski definition) is 2. The van der Waals surface area contributed by atoms with E-state index in [1.165, 1.54) is 5.56 Å². The Labute approximate surface area is 139 Å². The first-order valence-corrected chi connectivity index (χ1v) is 8.09. The molecule has 0 heterocycles. The molecule has 1 unspecified atom stereocenters. The Bertz CT molecular complexity index is 670. The van der Waals surface area contributed by atoms with Crippen molar-refractivity contribution in [3.8, 4) is 5.75 Å². The molecule has 2 rings (SSSR count). The van der Waals surface area contributed by atoms with Gasteiger partial charge in [-0.25, -0.2) is 0 Å². The van der Waals surface area contributed by atoms with Crippen molar-refractivity contribution in [2.24, 2.45) is 0 Å². The molecule has 0 aliphatic heterocycles. The number of amides is 1. The van der Waals surface area contributed by atoms with Crippen LogP contribution in [0.25, 0.3) is 0 Å². The molecule has 2 aromatic rings. The van der Waals surface area contributed by atoms with Crippen LogP contribution < -0.4 is 10.1 Å². The third-order valence-electron chi connectivity index (χ3n) is 3.51. The zero-order valence-electron chi connectivity index (χ0n) is 13.0. The van der Waals surface area contributed by atoms with Gasteiger partial charge in [-0.05, 0) is 61.7 Å². The van der Waals surface area contributed by atoms with Crippen molar-refractivity contribution in [3.05, 3.63) is 58.1 Å². The van der Waals surface area contributed by atoms with Gasteiger partial charge in [0.15, 0.2) is 6.10 Å². The summed E-state index contributed by atoms with van der Waals surface area (Å²) >= 11 is 3.39. The van der Waals surface area contributed by atoms with Gasteiger partial charge in [0.1, 0.15) is 5.75 Å². The van der Waals surface area contributed by atoms with E-state index in [0.29, 0.717) is 6.42 Å². The van der Waals surface area contributed by atoms with Gasteiger partial charge in [0.2, 0.25) is 0 Å². The number of rotatable bonds is 5. The second-order valence-electron chi connectivity index (χ2n) is 5.26. The Hall–Kier alpha value is -1.81. The van der Waals surface area contributed by atoms with E-state index in [-0.39, 0.29) is 5.91 Å². The number of carbonyl (C=O) groups is 1. The maximum Gasteiger partial charge on any atom is 0.265 e. The molecule has 1 amide bonds. The van der Waals surface area contributed by atoms with Crippen molar-refractivity contribution in [1.82, 2.24) is 0 Å². The van der Waals surface area contributed by atoms with Crippen LogP contribution in [-0.2, 0) is 4.79 Å². The van der Waals surface area contributed by atoms with Crippen LogP contribution in [0.3, 0.4) is 0 Å². The predicted octanol–water partition coefficient (Wildman–Crippen LogP) is 4.86. The monoisotopic (exact) mass is 361 g/mol. The van der Waals surface area contributed by atoms with Gasteiger partial charge in [-0.15, -0.1) is 0 Å². The van der Waals surface area contributed by atoms with Crippen molar-refractivity contribution in [2.45, 2.75) is 33.3 Å². The first-order valence-electron chi connectivity index (χ1n) is 7.30. The lowest BCUT2D eigenvalue weighted by molar-refractivity contribution is -0.122. The number of carbonyl (C=O) groups excluding carboxylic acids is 1. The molecule has 0 spiro atoms. The van der Waals surface area contributed by atoms with Crippen LogP contribution >= 0.6 is 15.9 Å². The van der Waals surface area contributed by atoms with Gasteiger partial charge in [0.25, 0.3) is 5.91 Å². The Kier molecular flexibility index (Phi) is 5.61. The second-order valence-corrected chi connectivity index (χ2v) is 6.18. The largest absolute Gasteiger partial charge is 0.481 e. The fraction of sp³-hybridized carbons (Fsp3) is 0.278. The molecule has 1 N–H and O–H groups in total. The summed E-state index contributed by atoms with van der Waals surface area (Å²) in [4.78, 5) is 12.4. The molecule has 0 saturated heterocycles. The number of aryl methyl sites for hydroxylation is 2. The highest BCUT2D eigenvalue weighted by Crippen LogP contribution is 2.20. The van der Waals surface area contributed by atoms with Crippen LogP contribution in [-0.4, -0.2) is 12.0 Å². The van der Waals surface area contributed by atoms with Crippen molar-refractivity contribution in [1.29, 1.82) is 0 Å². The Morgan fingerprint density at radius 1 is 1.18 bits per heavy atom. The lowest BCUT2D eigenvalue weighted by Crippen LogP contribution is -2.32. The van der Waals surface area contributed by atoms with E-state index in [9.17, 15) is 4.79 Å². The van der Waals surface area contributed by atoms with Crippen LogP contribution in [0.4, 0.5) is 5.69 Å². The molecular formula is C18H20BrNO2. The molecule has 0 fully saturated rings. The SMILES string of the molecule is CCC(Oc1ccc(C)c(C)c1)C(=O)Nc1cccc(Br)c1. The quantitative estimate of drug-likeness (QED) is 0.825. The molecule has 0 bridgehead atoms. The molecule has 2 aromatic carbocycles. The fourth-order valence-corrected chi connectivity index (χ4v) is 2.46. The summed E-state index contributed by atoms with van der Waals surface area (Å²) in [5.74, 6) is 0.582. The van der Waals surface area contributed by atoms with Crippen molar-refractivity contribution in [2.75, 3.05) is 5.32 Å². The molecule has 0 aliphatic rings. The topological polar surface area (TPSA) is 38.3 Å². The first-order chi connectivity index (χ1) is 10.5. The Morgan fingerprint density at radius 3 is 2.59 bits per heavy atom. The van der Waals surface area contributed by atoms with Gasteiger partial charge < -0.3 is 10.1 Å². The number of ether oxygens (including phenoxy) is 1. The molecule has 0 saturated carbocycles. The Morgan fingerprint density at radius 2 is 1.95 bits per heavy atom. The zero-order chi connectivity index (χ0) is 16.1. The third-order valence-corrected chi connectivity index (χ3v) is 4.01. The van der Waals surface area contributed by atoms with Gasteiger partial charge in [-0.1, -0.05) is 35.0 Å². The van der Waals surface area contributed by atoms with Crippen LogP contribution in [0.15, 0.2) is 46.9 Å². The average Bonchev–Trinajstić information content (AvgIpc) is 2.48. The van der Waals surface area contributed by atoms with E-state index in [1.807, 2.05) is 56.3 Å². The van der Waals surface area contributed by atoms with E-state index in [1.54, 1.807) is 0 Å². The fourth-order valence-electron chi connectivity index (χ4n) is 2.06. The third kappa shape index (κ3) is 4.34. The van der Waals surface area contributed by atoms with Gasteiger partial charge >= 0.3 is 0 Å². The van der Waals surface area contributed by atoms with Gasteiger partial charge in [-0.3, -0.25) is 4.79 Å². The number of benzene rings is 2. The minimum atomic E-state index is -0.513. The lowest BCUT2D eigenvalue weighted by atomic mass is 10.1. The minimum Gasteiger partial charge on any atom is -0.481 e. The molecule has 22 heavy (non-hydrogen) atoms. The van der Waals surface area contributed by atoms with Crippen molar-refractivity contribution < 1.29 is 9.53 Å². The summed E-state index contributed by atoms with van der Waals surface area (Å²) in [6, 6.07) is 13.4. The van der Waals surface area contributed by atoms with Gasteiger partial charge in [0, 0.05) is 10.2 Å². The van der Waals surface area contributed by atoms with Crippen LogP contribution in [0, 0.1) is 13.8 Å². The summed E-state index contributed by atoms with van der Waals surface area (Å²) < 4.78 is 6.76. The molecular weight excluding hydrogens is 342 g/mol. The summed E-state index contributed by atoms with van der Waals surface area (Å²) in [6.07, 6.45) is 0.0910. The molecule has 0 aliphatic carbocycles. The van der Waals surface area contributed by atoms with Crippen LogP contribution in [0.1, 0.15) is 24.5 Å². The number of hydrogen-bond donors (Lipinski definition) is 1. The summed E-state index contributed by atoms with van der Waals surface area (Å²) in [7, 11) is 0. The van der Waals surface area contributed by atoms with E-state index in [4.69, 9.17) is 4.74 Å². The average molecular weight is 362 g/mol. The van der Waals surface area contributed by atoms with Crippen LogP contribution in [0.2, 0.25) is 0 Å². The molecule has 4 heteroatoms. The molecule has 3 nitrogen and oxygen atoms in total. The van der Waals surface area contributed by atoms with E-state index < -0.39 is 6.10 Å². The molecule has 116 valence electrons. The second kappa shape index (κ2) is 7.45. The summed E-state index contributed by atoms with van der Waals surface area (Å²) in [6.45, 7) is 6.02. The molecule has 0 radical (unpaired) electrons. The van der Waals surface area contributed by atoms with E-state index in [0.717, 1.165) is 21.5 Å². The standard InChI is InChI=1S/C18H20BrNO2/c1-4-17(22-16-9-8-12(2)13(3)10-16)18(21)20-15-7-5-6-14(19)11-15/h5-11,17H,4H2,1-3H3,(H,20,21). The maximum atomic E-state index is 12.4.